The summed E-state index contributed by atoms with van der Waals surface area (Å²) < 4.78 is 16.9. The van der Waals surface area contributed by atoms with Crippen molar-refractivity contribution in [1.82, 2.24) is 5.43 Å². The van der Waals surface area contributed by atoms with Gasteiger partial charge in [0.15, 0.2) is 16.6 Å². The van der Waals surface area contributed by atoms with Crippen LogP contribution in [0.5, 0.6) is 17.2 Å². The van der Waals surface area contributed by atoms with Crippen molar-refractivity contribution in [3.05, 3.63) is 81.8 Å². The molecular weight excluding hydrogens is 506 g/mol. The summed E-state index contributed by atoms with van der Waals surface area (Å²) in [5, 5.41) is 7.55. The van der Waals surface area contributed by atoms with Gasteiger partial charge in [-0.3, -0.25) is 5.43 Å². The molecule has 0 aromatic heterocycles. The molecule has 0 amide bonds. The summed E-state index contributed by atoms with van der Waals surface area (Å²) in [5.74, 6) is 0.744. The smallest absolute Gasteiger partial charge is 0.343 e. The van der Waals surface area contributed by atoms with Crippen molar-refractivity contribution in [2.24, 2.45) is 5.10 Å². The number of anilines is 1. The molecule has 33 heavy (non-hydrogen) atoms. The van der Waals surface area contributed by atoms with Gasteiger partial charge in [-0.25, -0.2) is 4.79 Å². The number of ether oxygens (including phenoxy) is 3. The second kappa shape index (κ2) is 11.4. The third kappa shape index (κ3) is 6.77. The van der Waals surface area contributed by atoms with Gasteiger partial charge in [-0.1, -0.05) is 28.1 Å². The predicted molar refractivity (Wildman–Crippen MR) is 137 cm³/mol. The molecule has 0 aliphatic rings. The van der Waals surface area contributed by atoms with E-state index in [0.717, 1.165) is 15.7 Å². The number of benzene rings is 3. The maximum absolute atomic E-state index is 12.7. The maximum Gasteiger partial charge on any atom is 0.343 e. The molecule has 170 valence electrons. The normalized spacial score (nSPS) is 10.5. The van der Waals surface area contributed by atoms with Crippen molar-refractivity contribution in [1.29, 1.82) is 0 Å². The first-order chi connectivity index (χ1) is 15.9. The van der Waals surface area contributed by atoms with E-state index < -0.39 is 5.97 Å². The van der Waals surface area contributed by atoms with Crippen LogP contribution >= 0.6 is 28.1 Å². The minimum absolute atomic E-state index is 0.320. The molecule has 0 saturated carbocycles. The number of rotatable bonds is 7. The number of carbonyl (C=O) groups excluding carboxylic acids is 1. The predicted octanol–water partition coefficient (Wildman–Crippen LogP) is 5.31. The Kier molecular flexibility index (Phi) is 8.39. The van der Waals surface area contributed by atoms with Crippen LogP contribution in [0.2, 0.25) is 0 Å². The third-order valence-electron chi connectivity index (χ3n) is 4.44. The SMILES string of the molecule is COc1ccc(C(=O)Oc2ccc(Br)cc2C=NNC(=S)Nc2cccc(C)c2)cc1OC. The van der Waals surface area contributed by atoms with Crippen LogP contribution in [0.1, 0.15) is 21.5 Å². The quantitative estimate of drug-likeness (QED) is 0.141. The fourth-order valence-electron chi connectivity index (χ4n) is 2.88. The molecule has 0 spiro atoms. The molecule has 7 nitrogen and oxygen atoms in total. The third-order valence-corrected chi connectivity index (χ3v) is 5.13. The average Bonchev–Trinajstić information content (AvgIpc) is 2.80. The van der Waals surface area contributed by atoms with Crippen molar-refractivity contribution < 1.29 is 19.0 Å². The van der Waals surface area contributed by atoms with Crippen LogP contribution in [0.4, 0.5) is 5.69 Å². The highest BCUT2D eigenvalue weighted by atomic mass is 79.9. The van der Waals surface area contributed by atoms with Gasteiger partial charge in [-0.2, -0.15) is 5.10 Å². The molecule has 0 bridgehead atoms. The number of nitrogens with one attached hydrogen (secondary N) is 2. The Morgan fingerprint density at radius 3 is 2.48 bits per heavy atom. The summed E-state index contributed by atoms with van der Waals surface area (Å²) in [6.07, 6.45) is 1.52. The summed E-state index contributed by atoms with van der Waals surface area (Å²) in [7, 11) is 3.03. The molecule has 0 saturated heterocycles. The van der Waals surface area contributed by atoms with E-state index in [1.807, 2.05) is 31.2 Å². The highest BCUT2D eigenvalue weighted by Crippen LogP contribution is 2.29. The van der Waals surface area contributed by atoms with Crippen molar-refractivity contribution in [3.63, 3.8) is 0 Å². The molecular formula is C24H22BrN3O4S. The van der Waals surface area contributed by atoms with E-state index in [-0.39, 0.29) is 0 Å². The maximum atomic E-state index is 12.7. The Bertz CT molecular complexity index is 1200. The Hall–Kier alpha value is -3.43. The number of hydrogen-bond acceptors (Lipinski definition) is 6. The van der Waals surface area contributed by atoms with Crippen LogP contribution < -0.4 is 25.0 Å². The van der Waals surface area contributed by atoms with Gasteiger partial charge in [0.1, 0.15) is 5.75 Å². The number of nitrogens with zero attached hydrogens (tertiary/aromatic N) is 1. The van der Waals surface area contributed by atoms with E-state index in [2.05, 4.69) is 31.8 Å². The summed E-state index contributed by atoms with van der Waals surface area (Å²) in [6.45, 7) is 2.00. The summed E-state index contributed by atoms with van der Waals surface area (Å²) in [4.78, 5) is 12.7. The zero-order valence-electron chi connectivity index (χ0n) is 18.2. The molecule has 0 aliphatic carbocycles. The van der Waals surface area contributed by atoms with Crippen LogP contribution in [0, 0.1) is 6.92 Å². The van der Waals surface area contributed by atoms with Crippen molar-refractivity contribution in [2.75, 3.05) is 19.5 Å². The number of hydrazone groups is 1. The summed E-state index contributed by atoms with van der Waals surface area (Å²) in [5.41, 5.74) is 5.62. The van der Waals surface area contributed by atoms with Gasteiger partial charge in [-0.15, -0.1) is 0 Å². The number of aryl methyl sites for hydroxylation is 1. The molecule has 0 aliphatic heterocycles. The molecule has 9 heteroatoms. The van der Waals surface area contributed by atoms with Gasteiger partial charge in [-0.05, 0) is 73.2 Å². The monoisotopic (exact) mass is 527 g/mol. The minimum Gasteiger partial charge on any atom is -0.493 e. The summed E-state index contributed by atoms with van der Waals surface area (Å²) >= 11 is 8.70. The number of methoxy groups -OCH3 is 2. The van der Waals surface area contributed by atoms with E-state index in [1.54, 1.807) is 36.4 Å². The molecule has 0 fully saturated rings. The van der Waals surface area contributed by atoms with Crippen molar-refractivity contribution in [3.8, 4) is 17.2 Å². The Morgan fingerprint density at radius 1 is 1.00 bits per heavy atom. The number of esters is 1. The second-order valence-electron chi connectivity index (χ2n) is 6.84. The summed E-state index contributed by atoms with van der Waals surface area (Å²) in [6, 6.07) is 17.8. The molecule has 3 rings (SSSR count). The lowest BCUT2D eigenvalue weighted by Gasteiger charge is -2.11. The lowest BCUT2D eigenvalue weighted by atomic mass is 10.2. The number of thiocarbonyl (C=S) groups is 1. The average molecular weight is 528 g/mol. The van der Waals surface area contributed by atoms with Crippen LogP contribution in [0.3, 0.4) is 0 Å². The zero-order valence-corrected chi connectivity index (χ0v) is 20.6. The van der Waals surface area contributed by atoms with E-state index in [0.29, 0.717) is 33.5 Å². The van der Waals surface area contributed by atoms with Gasteiger partial charge in [0.05, 0.1) is 26.0 Å². The Labute approximate surface area is 205 Å². The molecule has 0 atom stereocenters. The van der Waals surface area contributed by atoms with Crippen molar-refractivity contribution >= 4 is 51.1 Å². The first-order valence-corrected chi connectivity index (χ1v) is 11.0. The fourth-order valence-corrected chi connectivity index (χ4v) is 3.43. The fraction of sp³-hybridized carbons (Fsp3) is 0.125. The second-order valence-corrected chi connectivity index (χ2v) is 8.16. The number of halogens is 1. The lowest BCUT2D eigenvalue weighted by molar-refractivity contribution is 0.0734. The van der Waals surface area contributed by atoms with E-state index in [4.69, 9.17) is 26.4 Å². The van der Waals surface area contributed by atoms with Crippen molar-refractivity contribution in [2.45, 2.75) is 6.92 Å². The molecule has 2 N–H and O–H groups in total. The Morgan fingerprint density at radius 2 is 1.76 bits per heavy atom. The molecule has 0 radical (unpaired) electrons. The molecule has 0 heterocycles. The van der Waals surface area contributed by atoms with Crippen LogP contribution in [0.25, 0.3) is 0 Å². The van der Waals surface area contributed by atoms with Crippen LogP contribution in [-0.2, 0) is 0 Å². The Balaban J connectivity index is 1.71. The highest BCUT2D eigenvalue weighted by Gasteiger charge is 2.15. The van der Waals surface area contributed by atoms with Gasteiger partial charge in [0.2, 0.25) is 0 Å². The molecule has 3 aromatic rings. The minimum atomic E-state index is -0.544. The number of carbonyl (C=O) groups is 1. The van der Waals surface area contributed by atoms with Gasteiger partial charge in [0.25, 0.3) is 0 Å². The van der Waals surface area contributed by atoms with Gasteiger partial charge >= 0.3 is 5.97 Å². The standard InChI is InChI=1S/C24H22BrN3O4S/c1-15-5-4-6-19(11-15)27-24(33)28-26-14-17-12-18(25)8-10-20(17)32-23(29)16-7-9-21(30-2)22(13-16)31-3/h4-14H,1-3H3,(H2,27,28,33). The topological polar surface area (TPSA) is 81.2 Å². The van der Waals surface area contributed by atoms with Crippen LogP contribution in [0.15, 0.2) is 70.2 Å². The van der Waals surface area contributed by atoms with E-state index in [9.17, 15) is 4.79 Å². The largest absolute Gasteiger partial charge is 0.493 e. The first-order valence-electron chi connectivity index (χ1n) is 9.80. The zero-order chi connectivity index (χ0) is 23.8. The van der Waals surface area contributed by atoms with E-state index >= 15 is 0 Å². The van der Waals surface area contributed by atoms with Gasteiger partial charge in [0, 0.05) is 15.7 Å². The highest BCUT2D eigenvalue weighted by molar-refractivity contribution is 9.10. The molecule has 0 unspecified atom stereocenters. The van der Waals surface area contributed by atoms with Gasteiger partial charge < -0.3 is 19.5 Å². The molecule has 3 aromatic carbocycles. The van der Waals surface area contributed by atoms with E-state index in [1.165, 1.54) is 20.4 Å². The number of hydrogen-bond donors (Lipinski definition) is 2. The lowest BCUT2D eigenvalue weighted by Crippen LogP contribution is -2.23. The first kappa shape index (κ1) is 24.2. The van der Waals surface area contributed by atoms with Crippen LogP contribution in [-0.4, -0.2) is 31.5 Å².